The molecule has 0 bridgehead atoms. The zero-order valence-electron chi connectivity index (χ0n) is 16.0. The molecular weight excluding hydrogens is 336 g/mol. The number of aromatic nitrogens is 1. The fourth-order valence-corrected chi connectivity index (χ4v) is 3.25. The first-order valence-electron chi connectivity index (χ1n) is 9.57. The maximum atomic E-state index is 5.59. The van der Waals surface area contributed by atoms with Crippen molar-refractivity contribution in [2.75, 3.05) is 44.2 Å². The highest BCUT2D eigenvalue weighted by molar-refractivity contribution is 5.40. The first-order valence-corrected chi connectivity index (χ1v) is 9.57. The number of hydrogen-bond acceptors (Lipinski definition) is 5. The molecule has 1 N–H and O–H groups in total. The highest BCUT2D eigenvalue weighted by Gasteiger charge is 2.16. The highest BCUT2D eigenvalue weighted by atomic mass is 16.5. The third kappa shape index (κ3) is 5.46. The Labute approximate surface area is 162 Å². The Morgan fingerprint density at radius 1 is 1.11 bits per heavy atom. The zero-order chi connectivity index (χ0) is 18.9. The van der Waals surface area contributed by atoms with Gasteiger partial charge in [-0.05, 0) is 24.2 Å². The van der Waals surface area contributed by atoms with Crippen molar-refractivity contribution >= 4 is 5.82 Å². The van der Waals surface area contributed by atoms with Gasteiger partial charge in [-0.15, -0.1) is 6.42 Å². The standard InChI is InChI=1S/C22H28N4O/c1-3-15-27-21-8-6-5-7-20(21)18-23-16-19-9-10-22(24-17-19)26-13-11-25(4-2)12-14-26/h1,5-10,17,23H,4,11-16,18H2,2H3. The normalized spacial score (nSPS) is 14.7. The summed E-state index contributed by atoms with van der Waals surface area (Å²) in [5.41, 5.74) is 2.28. The maximum Gasteiger partial charge on any atom is 0.148 e. The third-order valence-corrected chi connectivity index (χ3v) is 4.88. The number of pyridine rings is 1. The second-order valence-corrected chi connectivity index (χ2v) is 6.65. The summed E-state index contributed by atoms with van der Waals surface area (Å²) < 4.78 is 5.59. The monoisotopic (exact) mass is 364 g/mol. The van der Waals surface area contributed by atoms with Gasteiger partial charge in [0.25, 0.3) is 0 Å². The van der Waals surface area contributed by atoms with Crippen LogP contribution in [0.25, 0.3) is 0 Å². The Morgan fingerprint density at radius 3 is 2.63 bits per heavy atom. The van der Waals surface area contributed by atoms with Gasteiger partial charge in [0.2, 0.25) is 0 Å². The van der Waals surface area contributed by atoms with Crippen LogP contribution < -0.4 is 15.0 Å². The molecule has 0 saturated carbocycles. The van der Waals surface area contributed by atoms with Gasteiger partial charge in [0.15, 0.2) is 0 Å². The van der Waals surface area contributed by atoms with Crippen molar-refractivity contribution in [3.05, 3.63) is 53.7 Å². The Balaban J connectivity index is 1.49. The number of hydrogen-bond donors (Lipinski definition) is 1. The van der Waals surface area contributed by atoms with Gasteiger partial charge < -0.3 is 19.9 Å². The maximum absolute atomic E-state index is 5.59. The Bertz CT molecular complexity index is 746. The van der Waals surface area contributed by atoms with E-state index in [0.29, 0.717) is 0 Å². The van der Waals surface area contributed by atoms with E-state index in [1.54, 1.807) is 0 Å². The summed E-state index contributed by atoms with van der Waals surface area (Å²) in [5.74, 6) is 4.41. The largest absolute Gasteiger partial charge is 0.481 e. The lowest BCUT2D eigenvalue weighted by atomic mass is 10.2. The van der Waals surface area contributed by atoms with Gasteiger partial charge in [0.1, 0.15) is 18.2 Å². The van der Waals surface area contributed by atoms with Crippen LogP contribution >= 0.6 is 0 Å². The lowest BCUT2D eigenvalue weighted by Gasteiger charge is -2.34. The molecule has 0 aliphatic carbocycles. The predicted octanol–water partition coefficient (Wildman–Crippen LogP) is 2.53. The fraction of sp³-hybridized carbons (Fsp3) is 0.409. The van der Waals surface area contributed by atoms with Crippen molar-refractivity contribution in [1.29, 1.82) is 0 Å². The summed E-state index contributed by atoms with van der Waals surface area (Å²) in [5, 5.41) is 3.46. The van der Waals surface area contributed by atoms with E-state index in [4.69, 9.17) is 11.2 Å². The van der Waals surface area contributed by atoms with E-state index < -0.39 is 0 Å². The molecule has 5 heteroatoms. The molecule has 1 fully saturated rings. The molecule has 27 heavy (non-hydrogen) atoms. The van der Waals surface area contributed by atoms with Crippen LogP contribution in [0, 0.1) is 12.3 Å². The van der Waals surface area contributed by atoms with E-state index in [0.717, 1.165) is 62.9 Å². The molecule has 1 aliphatic heterocycles. The van der Waals surface area contributed by atoms with Crippen LogP contribution in [-0.2, 0) is 13.1 Å². The van der Waals surface area contributed by atoms with Crippen molar-refractivity contribution in [3.63, 3.8) is 0 Å². The van der Waals surface area contributed by atoms with Crippen LogP contribution in [0.5, 0.6) is 5.75 Å². The van der Waals surface area contributed by atoms with Gasteiger partial charge in [-0.1, -0.05) is 37.1 Å². The van der Waals surface area contributed by atoms with E-state index >= 15 is 0 Å². The highest BCUT2D eigenvalue weighted by Crippen LogP contribution is 2.18. The smallest absolute Gasteiger partial charge is 0.148 e. The van der Waals surface area contributed by atoms with Crippen LogP contribution in [0.1, 0.15) is 18.1 Å². The number of piperazine rings is 1. The van der Waals surface area contributed by atoms with E-state index in [9.17, 15) is 0 Å². The molecule has 2 heterocycles. The van der Waals surface area contributed by atoms with Crippen molar-refractivity contribution in [3.8, 4) is 18.1 Å². The van der Waals surface area contributed by atoms with Crippen molar-refractivity contribution < 1.29 is 4.74 Å². The minimum absolute atomic E-state index is 0.287. The summed E-state index contributed by atoms with van der Waals surface area (Å²) in [6.45, 7) is 9.44. The molecule has 0 amide bonds. The summed E-state index contributed by atoms with van der Waals surface area (Å²) in [6, 6.07) is 12.2. The summed E-state index contributed by atoms with van der Waals surface area (Å²) in [4.78, 5) is 9.49. The molecule has 5 nitrogen and oxygen atoms in total. The molecule has 0 spiro atoms. The first kappa shape index (κ1) is 19.2. The zero-order valence-corrected chi connectivity index (χ0v) is 16.0. The molecule has 3 rings (SSSR count). The molecule has 1 saturated heterocycles. The second-order valence-electron chi connectivity index (χ2n) is 6.65. The Kier molecular flexibility index (Phi) is 7.09. The van der Waals surface area contributed by atoms with Gasteiger partial charge in [-0.2, -0.15) is 0 Å². The van der Waals surface area contributed by atoms with Crippen LogP contribution in [0.3, 0.4) is 0 Å². The summed E-state index contributed by atoms with van der Waals surface area (Å²) in [7, 11) is 0. The number of benzene rings is 1. The van der Waals surface area contributed by atoms with Crippen molar-refractivity contribution in [1.82, 2.24) is 15.2 Å². The number of para-hydroxylation sites is 1. The average Bonchev–Trinajstić information content (AvgIpc) is 2.73. The summed E-state index contributed by atoms with van der Waals surface area (Å²) >= 11 is 0. The minimum Gasteiger partial charge on any atom is -0.481 e. The Hall–Kier alpha value is -2.55. The van der Waals surface area contributed by atoms with Gasteiger partial charge in [0.05, 0.1) is 0 Å². The molecule has 1 aromatic carbocycles. The first-order chi connectivity index (χ1) is 13.3. The number of likely N-dealkylation sites (N-methyl/N-ethyl adjacent to an activating group) is 1. The summed E-state index contributed by atoms with van der Waals surface area (Å²) in [6.07, 6.45) is 7.25. The van der Waals surface area contributed by atoms with Gasteiger partial charge >= 0.3 is 0 Å². The Morgan fingerprint density at radius 2 is 1.93 bits per heavy atom. The lowest BCUT2D eigenvalue weighted by Crippen LogP contribution is -2.46. The van der Waals surface area contributed by atoms with Gasteiger partial charge in [-0.3, -0.25) is 0 Å². The molecule has 142 valence electrons. The number of nitrogens with zero attached hydrogens (tertiary/aromatic N) is 3. The number of ether oxygens (including phenoxy) is 1. The van der Waals surface area contributed by atoms with Crippen LogP contribution in [0.4, 0.5) is 5.82 Å². The molecule has 1 aliphatic rings. The average molecular weight is 364 g/mol. The predicted molar refractivity (Wildman–Crippen MR) is 110 cm³/mol. The van der Waals surface area contributed by atoms with Gasteiger partial charge in [0, 0.05) is 51.0 Å². The van der Waals surface area contributed by atoms with Crippen molar-refractivity contribution in [2.45, 2.75) is 20.0 Å². The molecular formula is C22H28N4O. The van der Waals surface area contributed by atoms with Crippen LogP contribution in [0.2, 0.25) is 0 Å². The van der Waals surface area contributed by atoms with E-state index in [1.807, 2.05) is 24.4 Å². The van der Waals surface area contributed by atoms with Gasteiger partial charge in [-0.25, -0.2) is 4.98 Å². The quantitative estimate of drug-likeness (QED) is 0.729. The van der Waals surface area contributed by atoms with Crippen LogP contribution in [0.15, 0.2) is 42.6 Å². The number of nitrogens with one attached hydrogen (secondary N) is 1. The number of terminal acetylenes is 1. The minimum atomic E-state index is 0.287. The van der Waals surface area contributed by atoms with Crippen molar-refractivity contribution in [2.24, 2.45) is 0 Å². The SMILES string of the molecule is C#CCOc1ccccc1CNCc1ccc(N2CCN(CC)CC2)nc1. The van der Waals surface area contributed by atoms with E-state index in [1.165, 1.54) is 5.56 Å². The molecule has 1 aromatic heterocycles. The topological polar surface area (TPSA) is 40.6 Å². The number of rotatable bonds is 8. The van der Waals surface area contributed by atoms with E-state index in [2.05, 4.69) is 51.1 Å². The molecule has 0 unspecified atom stereocenters. The lowest BCUT2D eigenvalue weighted by molar-refractivity contribution is 0.270. The molecule has 0 atom stereocenters. The second kappa shape index (κ2) is 9.96. The van der Waals surface area contributed by atoms with E-state index in [-0.39, 0.29) is 6.61 Å². The number of anilines is 1. The molecule has 0 radical (unpaired) electrons. The third-order valence-electron chi connectivity index (χ3n) is 4.88. The molecule has 2 aromatic rings. The fourth-order valence-electron chi connectivity index (χ4n) is 3.25. The van der Waals surface area contributed by atoms with Crippen LogP contribution in [-0.4, -0.2) is 49.2 Å².